The average molecular weight is 220 g/mol. The van der Waals surface area contributed by atoms with Gasteiger partial charge in [0.2, 0.25) is 0 Å². The molecule has 1 aromatic heterocycles. The molecular formula is C11H12N2O3. The first-order valence-corrected chi connectivity index (χ1v) is 4.76. The van der Waals surface area contributed by atoms with Crippen LogP contribution in [-0.4, -0.2) is 21.2 Å². The number of carbonyl (C=O) groups is 1. The maximum atomic E-state index is 11.0. The van der Waals surface area contributed by atoms with Crippen LogP contribution in [0.25, 0.3) is 10.9 Å². The van der Waals surface area contributed by atoms with E-state index >= 15 is 0 Å². The summed E-state index contributed by atoms with van der Waals surface area (Å²) in [5.41, 5.74) is 5.45. The van der Waals surface area contributed by atoms with Gasteiger partial charge in [-0.25, -0.2) is 4.79 Å². The van der Waals surface area contributed by atoms with Crippen molar-refractivity contribution in [2.45, 2.75) is 12.5 Å². The number of H-pyrrole nitrogens is 1. The van der Waals surface area contributed by atoms with Crippen molar-refractivity contribution in [1.29, 1.82) is 0 Å². The van der Waals surface area contributed by atoms with Crippen LogP contribution in [0.15, 0.2) is 24.4 Å². The summed E-state index contributed by atoms with van der Waals surface area (Å²) >= 11 is 0. The van der Waals surface area contributed by atoms with E-state index in [0.717, 1.165) is 5.52 Å². The third kappa shape index (κ3) is 1.42. The average Bonchev–Trinajstić information content (AvgIpc) is 2.60. The summed E-state index contributed by atoms with van der Waals surface area (Å²) in [6.07, 6.45) is 1.55. The molecule has 2 rings (SSSR count). The normalized spacial score (nSPS) is 14.9. The molecule has 1 aromatic carbocycles. The molecule has 0 fully saturated rings. The molecule has 0 aliphatic rings. The second-order valence-corrected chi connectivity index (χ2v) is 3.94. The number of aliphatic carboxylic acids is 1. The Morgan fingerprint density at radius 3 is 2.81 bits per heavy atom. The number of nitrogens with one attached hydrogen (secondary N) is 1. The van der Waals surface area contributed by atoms with E-state index < -0.39 is 11.5 Å². The van der Waals surface area contributed by atoms with Crippen LogP contribution >= 0.6 is 0 Å². The van der Waals surface area contributed by atoms with Gasteiger partial charge in [0.05, 0.1) is 0 Å². The lowest BCUT2D eigenvalue weighted by atomic mass is 9.93. The minimum Gasteiger partial charge on any atom is -0.508 e. The van der Waals surface area contributed by atoms with Gasteiger partial charge in [0.15, 0.2) is 0 Å². The molecule has 0 saturated heterocycles. The number of phenols is 1. The van der Waals surface area contributed by atoms with E-state index in [1.807, 2.05) is 0 Å². The van der Waals surface area contributed by atoms with Gasteiger partial charge in [-0.2, -0.15) is 0 Å². The fourth-order valence-corrected chi connectivity index (χ4v) is 1.65. The number of carboxylic acid groups (broad SMARTS) is 1. The second-order valence-electron chi connectivity index (χ2n) is 3.94. The fraction of sp³-hybridized carbons (Fsp3) is 0.182. The predicted octanol–water partition coefficient (Wildman–Crippen LogP) is 1.13. The Morgan fingerprint density at radius 2 is 2.19 bits per heavy atom. The Kier molecular flexibility index (Phi) is 2.13. The summed E-state index contributed by atoms with van der Waals surface area (Å²) < 4.78 is 0. The number of aromatic nitrogens is 1. The van der Waals surface area contributed by atoms with Crippen LogP contribution in [0.5, 0.6) is 5.75 Å². The number of hydrogen-bond donors (Lipinski definition) is 4. The number of hydrogen-bond acceptors (Lipinski definition) is 3. The lowest BCUT2D eigenvalue weighted by Crippen LogP contribution is -2.41. The van der Waals surface area contributed by atoms with Gasteiger partial charge in [0.25, 0.3) is 0 Å². The van der Waals surface area contributed by atoms with Crippen LogP contribution in [0.4, 0.5) is 0 Å². The molecule has 1 unspecified atom stereocenters. The van der Waals surface area contributed by atoms with Gasteiger partial charge in [0, 0.05) is 22.7 Å². The van der Waals surface area contributed by atoms with E-state index in [1.54, 1.807) is 12.3 Å². The predicted molar refractivity (Wildman–Crippen MR) is 59.1 cm³/mol. The lowest BCUT2D eigenvalue weighted by molar-refractivity contribution is -0.142. The van der Waals surface area contributed by atoms with Crippen molar-refractivity contribution < 1.29 is 15.0 Å². The Hall–Kier alpha value is -2.01. The molecule has 2 aromatic rings. The highest BCUT2D eigenvalue weighted by atomic mass is 16.4. The van der Waals surface area contributed by atoms with Gasteiger partial charge in [-0.15, -0.1) is 0 Å². The van der Waals surface area contributed by atoms with Crippen molar-refractivity contribution in [2.24, 2.45) is 5.73 Å². The zero-order chi connectivity index (χ0) is 11.9. The van der Waals surface area contributed by atoms with Gasteiger partial charge in [-0.3, -0.25) is 0 Å². The topological polar surface area (TPSA) is 99.3 Å². The van der Waals surface area contributed by atoms with Crippen molar-refractivity contribution >= 4 is 16.9 Å². The SMILES string of the molecule is CC(N)(C(=O)O)c1c[nH]c2ccc(O)cc12. The zero-order valence-corrected chi connectivity index (χ0v) is 8.69. The number of aromatic hydroxyl groups is 1. The minimum atomic E-state index is -1.48. The van der Waals surface area contributed by atoms with Gasteiger partial charge >= 0.3 is 5.97 Å². The largest absolute Gasteiger partial charge is 0.508 e. The number of carboxylic acids is 1. The zero-order valence-electron chi connectivity index (χ0n) is 8.69. The number of aromatic amines is 1. The lowest BCUT2D eigenvalue weighted by Gasteiger charge is -2.18. The van der Waals surface area contributed by atoms with Gasteiger partial charge in [-0.05, 0) is 25.1 Å². The van der Waals surface area contributed by atoms with E-state index in [0.29, 0.717) is 10.9 Å². The number of fused-ring (bicyclic) bond motifs is 1. The molecule has 0 aliphatic heterocycles. The van der Waals surface area contributed by atoms with Crippen molar-refractivity contribution in [2.75, 3.05) is 0 Å². The highest BCUT2D eigenvalue weighted by Gasteiger charge is 2.32. The summed E-state index contributed by atoms with van der Waals surface area (Å²) in [4.78, 5) is 14.0. The molecule has 84 valence electrons. The molecule has 0 bridgehead atoms. The first kappa shape index (κ1) is 10.5. The maximum Gasteiger partial charge on any atom is 0.328 e. The van der Waals surface area contributed by atoms with Crippen LogP contribution < -0.4 is 5.73 Å². The Labute approximate surface area is 91.5 Å². The summed E-state index contributed by atoms with van der Waals surface area (Å²) in [6.45, 7) is 1.42. The fourth-order valence-electron chi connectivity index (χ4n) is 1.65. The van der Waals surface area contributed by atoms with Crippen LogP contribution in [0, 0.1) is 0 Å². The number of phenolic OH excluding ortho intramolecular Hbond substituents is 1. The third-order valence-corrected chi connectivity index (χ3v) is 2.67. The molecule has 5 N–H and O–H groups in total. The number of benzene rings is 1. The third-order valence-electron chi connectivity index (χ3n) is 2.67. The smallest absolute Gasteiger partial charge is 0.328 e. The Balaban J connectivity index is 2.70. The summed E-state index contributed by atoms with van der Waals surface area (Å²) in [5, 5.41) is 19.0. The van der Waals surface area contributed by atoms with Crippen molar-refractivity contribution in [3.8, 4) is 5.75 Å². The summed E-state index contributed by atoms with van der Waals surface area (Å²) in [5.74, 6) is -1.04. The molecular weight excluding hydrogens is 208 g/mol. The molecule has 0 amide bonds. The van der Waals surface area contributed by atoms with Crippen molar-refractivity contribution in [3.05, 3.63) is 30.0 Å². The van der Waals surface area contributed by atoms with E-state index in [9.17, 15) is 9.90 Å². The molecule has 5 nitrogen and oxygen atoms in total. The van der Waals surface area contributed by atoms with Crippen LogP contribution in [0.2, 0.25) is 0 Å². The van der Waals surface area contributed by atoms with E-state index in [-0.39, 0.29) is 5.75 Å². The van der Waals surface area contributed by atoms with E-state index in [4.69, 9.17) is 10.8 Å². The van der Waals surface area contributed by atoms with Crippen LogP contribution in [0.1, 0.15) is 12.5 Å². The quantitative estimate of drug-likeness (QED) is 0.609. The van der Waals surface area contributed by atoms with E-state index in [2.05, 4.69) is 4.98 Å². The Bertz CT molecular complexity index is 557. The van der Waals surface area contributed by atoms with Crippen LogP contribution in [0.3, 0.4) is 0 Å². The Morgan fingerprint density at radius 1 is 1.50 bits per heavy atom. The molecule has 0 aliphatic carbocycles. The molecule has 0 radical (unpaired) electrons. The molecule has 0 spiro atoms. The van der Waals surface area contributed by atoms with Gasteiger partial charge in [0.1, 0.15) is 11.3 Å². The maximum absolute atomic E-state index is 11.0. The monoisotopic (exact) mass is 220 g/mol. The minimum absolute atomic E-state index is 0.0783. The molecule has 0 saturated carbocycles. The summed E-state index contributed by atoms with van der Waals surface area (Å²) in [6, 6.07) is 4.69. The second kappa shape index (κ2) is 3.24. The highest BCUT2D eigenvalue weighted by molar-refractivity contribution is 5.92. The number of nitrogens with two attached hydrogens (primary N) is 1. The molecule has 1 heterocycles. The van der Waals surface area contributed by atoms with Gasteiger partial charge < -0.3 is 20.9 Å². The number of rotatable bonds is 2. The van der Waals surface area contributed by atoms with Crippen molar-refractivity contribution in [3.63, 3.8) is 0 Å². The van der Waals surface area contributed by atoms with Gasteiger partial charge in [-0.1, -0.05) is 0 Å². The van der Waals surface area contributed by atoms with Crippen molar-refractivity contribution in [1.82, 2.24) is 4.98 Å². The standard InChI is InChI=1S/C11H12N2O3/c1-11(12,10(15)16)8-5-13-9-3-2-6(14)4-7(8)9/h2-5,13-14H,12H2,1H3,(H,15,16). The molecule has 16 heavy (non-hydrogen) atoms. The first-order chi connectivity index (χ1) is 7.43. The first-order valence-electron chi connectivity index (χ1n) is 4.76. The molecule has 1 atom stereocenters. The van der Waals surface area contributed by atoms with Crippen LogP contribution in [-0.2, 0) is 10.3 Å². The highest BCUT2D eigenvalue weighted by Crippen LogP contribution is 2.29. The molecule has 5 heteroatoms. The van der Waals surface area contributed by atoms with E-state index in [1.165, 1.54) is 19.1 Å². The summed E-state index contributed by atoms with van der Waals surface area (Å²) in [7, 11) is 0.